The van der Waals surface area contributed by atoms with Crippen molar-refractivity contribution in [1.82, 2.24) is 0 Å². The van der Waals surface area contributed by atoms with Gasteiger partial charge in [-0.3, -0.25) is 0 Å². The monoisotopic (exact) mass is 675 g/mol. The van der Waals surface area contributed by atoms with Crippen molar-refractivity contribution >= 4 is 17.1 Å². The van der Waals surface area contributed by atoms with Gasteiger partial charge < -0.3 is 4.90 Å². The number of hydrogen-bond donors (Lipinski definition) is 0. The zero-order chi connectivity index (χ0) is 35.3. The van der Waals surface area contributed by atoms with E-state index in [0.717, 1.165) is 11.4 Å². The molecule has 3 aliphatic rings. The van der Waals surface area contributed by atoms with Crippen LogP contribution in [-0.2, 0) is 10.8 Å². The molecule has 8 aromatic carbocycles. The van der Waals surface area contributed by atoms with Gasteiger partial charge in [0.25, 0.3) is 0 Å². The molecule has 3 aliphatic carbocycles. The first-order valence-electron chi connectivity index (χ1n) is 18.7. The molecule has 0 amide bonds. The Morgan fingerprint density at radius 2 is 0.811 bits per heavy atom. The smallest absolute Gasteiger partial charge is 0.0725 e. The number of nitrogens with zero attached hydrogens (tertiary/aromatic N) is 1. The molecule has 0 radical (unpaired) electrons. The summed E-state index contributed by atoms with van der Waals surface area (Å²) in [5.74, 6) is 0. The van der Waals surface area contributed by atoms with Crippen LogP contribution in [0.5, 0.6) is 0 Å². The Labute approximate surface area is 311 Å². The molecule has 1 nitrogen and oxygen atoms in total. The lowest BCUT2D eigenvalue weighted by Gasteiger charge is -2.33. The van der Waals surface area contributed by atoms with E-state index in [1.54, 1.807) is 0 Å². The Morgan fingerprint density at radius 3 is 1.47 bits per heavy atom. The van der Waals surface area contributed by atoms with Crippen LogP contribution >= 0.6 is 0 Å². The van der Waals surface area contributed by atoms with Crippen LogP contribution in [0, 0.1) is 0 Å². The van der Waals surface area contributed by atoms with Crippen molar-refractivity contribution in [2.45, 2.75) is 24.7 Å². The second-order valence-electron chi connectivity index (χ2n) is 15.2. The Hall–Kier alpha value is -6.44. The average Bonchev–Trinajstić information content (AvgIpc) is 3.77. The van der Waals surface area contributed by atoms with Crippen LogP contribution < -0.4 is 4.90 Å². The summed E-state index contributed by atoms with van der Waals surface area (Å²) in [5.41, 5.74) is 21.5. The minimum atomic E-state index is -0.368. The summed E-state index contributed by atoms with van der Waals surface area (Å²) < 4.78 is 0. The Morgan fingerprint density at radius 1 is 0.340 bits per heavy atom. The topological polar surface area (TPSA) is 3.24 Å². The van der Waals surface area contributed by atoms with Gasteiger partial charge in [-0.15, -0.1) is 0 Å². The molecule has 0 bridgehead atoms. The minimum Gasteiger partial charge on any atom is -0.310 e. The number of rotatable bonds is 4. The van der Waals surface area contributed by atoms with Crippen molar-refractivity contribution in [2.75, 3.05) is 4.90 Å². The number of fused-ring (bicyclic) bond motifs is 13. The summed E-state index contributed by atoms with van der Waals surface area (Å²) in [6, 6.07) is 70.1. The van der Waals surface area contributed by atoms with Crippen molar-refractivity contribution in [2.24, 2.45) is 0 Å². The van der Waals surface area contributed by atoms with Crippen molar-refractivity contribution in [3.05, 3.63) is 221 Å². The summed E-state index contributed by atoms with van der Waals surface area (Å²) in [5, 5.41) is 0. The van der Waals surface area contributed by atoms with E-state index in [1.165, 1.54) is 83.6 Å². The largest absolute Gasteiger partial charge is 0.310 e. The third kappa shape index (κ3) is 4.02. The lowest BCUT2D eigenvalue weighted by Crippen LogP contribution is -2.26. The number of anilines is 3. The molecule has 0 N–H and O–H groups in total. The second-order valence-corrected chi connectivity index (χ2v) is 15.2. The fourth-order valence-corrected chi connectivity index (χ4v) is 10.1. The molecule has 0 aromatic heterocycles. The van der Waals surface area contributed by atoms with E-state index in [1.807, 2.05) is 0 Å². The van der Waals surface area contributed by atoms with Crippen molar-refractivity contribution in [3.8, 4) is 44.5 Å². The molecular formula is C52H37N. The first-order chi connectivity index (χ1) is 26.1. The van der Waals surface area contributed by atoms with Gasteiger partial charge in [0.05, 0.1) is 11.1 Å². The highest BCUT2D eigenvalue weighted by molar-refractivity contribution is 5.97. The maximum absolute atomic E-state index is 2.52. The Kier molecular flexibility index (Phi) is 6.29. The molecule has 1 heteroatoms. The quantitative estimate of drug-likeness (QED) is 0.179. The van der Waals surface area contributed by atoms with Crippen molar-refractivity contribution in [3.63, 3.8) is 0 Å². The number of benzene rings is 8. The maximum Gasteiger partial charge on any atom is 0.0725 e. The van der Waals surface area contributed by atoms with Gasteiger partial charge in [-0.25, -0.2) is 0 Å². The van der Waals surface area contributed by atoms with Crippen LogP contribution in [0.2, 0.25) is 0 Å². The molecule has 8 aromatic rings. The van der Waals surface area contributed by atoms with Gasteiger partial charge in [0.2, 0.25) is 0 Å². The van der Waals surface area contributed by atoms with Crippen LogP contribution in [-0.4, -0.2) is 0 Å². The fourth-order valence-electron chi connectivity index (χ4n) is 10.1. The Balaban J connectivity index is 1.18. The predicted octanol–water partition coefficient (Wildman–Crippen LogP) is 13.5. The predicted molar refractivity (Wildman–Crippen MR) is 220 cm³/mol. The number of hydrogen-bond acceptors (Lipinski definition) is 1. The molecule has 0 fully saturated rings. The molecule has 0 atom stereocenters. The molecular weight excluding hydrogens is 639 g/mol. The van der Waals surface area contributed by atoms with Crippen molar-refractivity contribution < 1.29 is 0 Å². The van der Waals surface area contributed by atoms with Crippen LogP contribution in [0.25, 0.3) is 44.5 Å². The second kappa shape index (κ2) is 11.0. The van der Waals surface area contributed by atoms with E-state index >= 15 is 0 Å². The van der Waals surface area contributed by atoms with E-state index in [9.17, 15) is 0 Å². The summed E-state index contributed by atoms with van der Waals surface area (Å²) >= 11 is 0. The standard InChI is InChI=1S/C52H37N/c1-51(2)44-25-10-6-22-40(44)42-24-15-29-49(50(42)51)53(36-19-14-18-35(32-36)34-16-4-3-5-17-34)37-30-31-48-43(33-37)41-23-9-13-28-47(41)52(48)45-26-11-7-20-38(45)39-21-8-12-27-46(39)52/h3-33H,1-2H3. The molecule has 250 valence electrons. The summed E-state index contributed by atoms with van der Waals surface area (Å²) in [7, 11) is 0. The highest BCUT2D eigenvalue weighted by Crippen LogP contribution is 2.63. The highest BCUT2D eigenvalue weighted by atomic mass is 15.1. The van der Waals surface area contributed by atoms with Gasteiger partial charge in [-0.2, -0.15) is 0 Å². The SMILES string of the molecule is CC1(C)c2ccccc2-c2cccc(N(c3cccc(-c4ccccc4)c3)c3ccc4c(c3)-c3ccccc3C43c4ccccc4-c4ccccc43)c21. The highest BCUT2D eigenvalue weighted by Gasteiger charge is 2.51. The van der Waals surface area contributed by atoms with Crippen LogP contribution in [0.3, 0.4) is 0 Å². The molecule has 11 rings (SSSR count). The summed E-state index contributed by atoms with van der Waals surface area (Å²) in [4.78, 5) is 2.52. The zero-order valence-corrected chi connectivity index (χ0v) is 29.8. The normalized spacial score (nSPS) is 14.5. The molecule has 0 heterocycles. The van der Waals surface area contributed by atoms with Gasteiger partial charge in [0.15, 0.2) is 0 Å². The van der Waals surface area contributed by atoms with Gasteiger partial charge in [-0.05, 0) is 108 Å². The Bertz CT molecular complexity index is 2720. The molecule has 0 unspecified atom stereocenters. The van der Waals surface area contributed by atoms with E-state index < -0.39 is 0 Å². The summed E-state index contributed by atoms with van der Waals surface area (Å²) in [6.45, 7) is 4.77. The molecule has 53 heavy (non-hydrogen) atoms. The third-order valence-electron chi connectivity index (χ3n) is 12.2. The first kappa shape index (κ1) is 30.2. The lowest BCUT2D eigenvalue weighted by molar-refractivity contribution is 0.661. The third-order valence-corrected chi connectivity index (χ3v) is 12.2. The average molecular weight is 676 g/mol. The van der Waals surface area contributed by atoms with E-state index in [4.69, 9.17) is 0 Å². The van der Waals surface area contributed by atoms with Crippen LogP contribution in [0.1, 0.15) is 47.2 Å². The maximum atomic E-state index is 2.52. The molecule has 0 aliphatic heterocycles. The summed E-state index contributed by atoms with van der Waals surface area (Å²) in [6.07, 6.45) is 0. The van der Waals surface area contributed by atoms with E-state index in [-0.39, 0.29) is 10.8 Å². The first-order valence-corrected chi connectivity index (χ1v) is 18.7. The molecule has 0 saturated heterocycles. The van der Waals surface area contributed by atoms with E-state index in [2.05, 4.69) is 207 Å². The van der Waals surface area contributed by atoms with Crippen LogP contribution in [0.15, 0.2) is 188 Å². The van der Waals surface area contributed by atoms with Gasteiger partial charge in [0.1, 0.15) is 0 Å². The molecule has 1 spiro atoms. The van der Waals surface area contributed by atoms with Crippen LogP contribution in [0.4, 0.5) is 17.1 Å². The van der Waals surface area contributed by atoms with E-state index in [0.29, 0.717) is 0 Å². The zero-order valence-electron chi connectivity index (χ0n) is 29.8. The lowest BCUT2D eigenvalue weighted by atomic mass is 9.70. The van der Waals surface area contributed by atoms with Crippen molar-refractivity contribution in [1.29, 1.82) is 0 Å². The minimum absolute atomic E-state index is 0.178. The van der Waals surface area contributed by atoms with Gasteiger partial charge >= 0.3 is 0 Å². The van der Waals surface area contributed by atoms with Gasteiger partial charge in [-0.1, -0.05) is 172 Å². The fraction of sp³-hybridized carbons (Fsp3) is 0.0769. The molecule has 0 saturated carbocycles. The van der Waals surface area contributed by atoms with Gasteiger partial charge in [0, 0.05) is 16.8 Å².